The van der Waals surface area contributed by atoms with Gasteiger partial charge in [-0.05, 0) is 78.0 Å². The molecule has 0 aliphatic heterocycles. The Hall–Kier alpha value is -1.81. The summed E-state index contributed by atoms with van der Waals surface area (Å²) >= 11 is 13.4. The van der Waals surface area contributed by atoms with Crippen LogP contribution >= 0.6 is 43.5 Å². The topological polar surface area (TPSA) is 13.1 Å². The molecule has 1 aromatic heterocycles. The van der Waals surface area contributed by atoms with Crippen molar-refractivity contribution >= 4 is 76.2 Å². The van der Waals surface area contributed by atoms with E-state index in [1.165, 1.54) is 10.9 Å². The van der Waals surface area contributed by atoms with E-state index in [9.17, 15) is 0 Å². The summed E-state index contributed by atoms with van der Waals surface area (Å²) in [6.07, 6.45) is 0. The fourth-order valence-electron chi connectivity index (χ4n) is 3.55. The minimum Gasteiger partial charge on any atom is -0.454 e. The van der Waals surface area contributed by atoms with Crippen LogP contribution in [0.1, 0.15) is 0 Å². The number of fused-ring (bicyclic) bond motifs is 4. The lowest BCUT2D eigenvalue weighted by atomic mass is 9.95. The Morgan fingerprint density at radius 2 is 1.50 bits per heavy atom. The molecule has 0 fully saturated rings. The molecule has 0 aliphatic carbocycles. The molecule has 4 aromatic carbocycles. The van der Waals surface area contributed by atoms with Gasteiger partial charge in [-0.25, -0.2) is 0 Å². The van der Waals surface area contributed by atoms with Crippen molar-refractivity contribution in [2.75, 3.05) is 0 Å². The fourth-order valence-corrected chi connectivity index (χ4v) is 4.59. The number of para-hydroxylation sites is 1. The van der Waals surface area contributed by atoms with Gasteiger partial charge in [0.25, 0.3) is 0 Å². The number of benzene rings is 4. The van der Waals surface area contributed by atoms with Gasteiger partial charge in [-0.15, -0.1) is 0 Å². The van der Waals surface area contributed by atoms with Gasteiger partial charge in [0.1, 0.15) is 11.2 Å². The van der Waals surface area contributed by atoms with Gasteiger partial charge in [0.15, 0.2) is 0 Å². The van der Waals surface area contributed by atoms with Gasteiger partial charge in [-0.2, -0.15) is 0 Å². The van der Waals surface area contributed by atoms with E-state index < -0.39 is 0 Å². The summed E-state index contributed by atoms with van der Waals surface area (Å²) in [7, 11) is 0. The molecular weight excluding hydrogens is 476 g/mol. The highest BCUT2D eigenvalue weighted by Gasteiger charge is 2.17. The molecule has 0 amide bonds. The van der Waals surface area contributed by atoms with Gasteiger partial charge in [-0.3, -0.25) is 0 Å². The maximum absolute atomic E-state index is 6.19. The molecule has 5 aromatic rings. The van der Waals surface area contributed by atoms with E-state index in [1.807, 2.05) is 30.3 Å². The monoisotopic (exact) mass is 484 g/mol. The van der Waals surface area contributed by atoms with Crippen molar-refractivity contribution in [1.82, 2.24) is 0 Å². The lowest BCUT2D eigenvalue weighted by Gasteiger charge is -2.09. The summed E-state index contributed by atoms with van der Waals surface area (Å²) in [4.78, 5) is 0. The minimum atomic E-state index is 0.744. The molecule has 0 spiro atoms. The molecule has 0 radical (unpaired) electrons. The minimum absolute atomic E-state index is 0.744. The number of hydrogen-bond donors (Lipinski definition) is 0. The van der Waals surface area contributed by atoms with Gasteiger partial charge >= 0.3 is 0 Å². The summed E-state index contributed by atoms with van der Waals surface area (Å²) in [5.41, 5.74) is 4.03. The van der Waals surface area contributed by atoms with Crippen molar-refractivity contribution in [3.05, 3.63) is 80.7 Å². The van der Waals surface area contributed by atoms with Crippen LogP contribution in [-0.4, -0.2) is 0 Å². The first-order chi connectivity index (χ1) is 12.6. The van der Waals surface area contributed by atoms with Crippen molar-refractivity contribution in [2.45, 2.75) is 0 Å². The van der Waals surface area contributed by atoms with E-state index in [4.69, 9.17) is 16.0 Å². The molecule has 4 heteroatoms. The standard InChI is InChI=1S/C22H11Br2ClO/c23-18-6-2-5-17-20-16(9-10-19(24)22(20)26-21(17)18)15-4-1-3-12-11-13(25)7-8-14(12)15/h1-11H. The highest BCUT2D eigenvalue weighted by Crippen LogP contribution is 2.43. The first-order valence-electron chi connectivity index (χ1n) is 8.11. The number of hydrogen-bond acceptors (Lipinski definition) is 1. The molecule has 0 N–H and O–H groups in total. The lowest BCUT2D eigenvalue weighted by molar-refractivity contribution is 0.665. The SMILES string of the molecule is Clc1ccc2c(-c3ccc(Br)c4oc5c(Br)cccc5c34)cccc2c1. The molecule has 5 rings (SSSR count). The molecule has 0 aliphatic rings. The van der Waals surface area contributed by atoms with E-state index >= 15 is 0 Å². The van der Waals surface area contributed by atoms with Crippen molar-refractivity contribution in [3.8, 4) is 11.1 Å². The molecule has 0 bridgehead atoms. The zero-order valence-electron chi connectivity index (χ0n) is 13.4. The first-order valence-corrected chi connectivity index (χ1v) is 10.1. The molecule has 0 atom stereocenters. The Balaban J connectivity index is 1.96. The van der Waals surface area contributed by atoms with Crippen LogP contribution in [-0.2, 0) is 0 Å². The fraction of sp³-hybridized carbons (Fsp3) is 0. The number of furan rings is 1. The Kier molecular flexibility index (Phi) is 3.85. The van der Waals surface area contributed by atoms with E-state index in [0.717, 1.165) is 46.9 Å². The van der Waals surface area contributed by atoms with Gasteiger partial charge in [0, 0.05) is 15.8 Å². The lowest BCUT2D eigenvalue weighted by Crippen LogP contribution is -1.84. The van der Waals surface area contributed by atoms with Crippen LogP contribution in [0, 0.1) is 0 Å². The molecule has 1 heterocycles. The quantitative estimate of drug-likeness (QED) is 0.231. The van der Waals surface area contributed by atoms with E-state index in [0.29, 0.717) is 0 Å². The van der Waals surface area contributed by atoms with Gasteiger partial charge < -0.3 is 4.42 Å². The van der Waals surface area contributed by atoms with Crippen LogP contribution in [0.4, 0.5) is 0 Å². The van der Waals surface area contributed by atoms with Crippen molar-refractivity contribution < 1.29 is 4.42 Å². The second-order valence-corrected chi connectivity index (χ2v) is 8.33. The second-order valence-electron chi connectivity index (χ2n) is 6.19. The van der Waals surface area contributed by atoms with Crippen LogP contribution < -0.4 is 0 Å². The molecule has 126 valence electrons. The van der Waals surface area contributed by atoms with Gasteiger partial charge in [0.2, 0.25) is 0 Å². The molecule has 1 nitrogen and oxygen atoms in total. The average Bonchev–Trinajstić information content (AvgIpc) is 3.04. The number of rotatable bonds is 1. The summed E-state index contributed by atoms with van der Waals surface area (Å²) in [6.45, 7) is 0. The highest BCUT2D eigenvalue weighted by atomic mass is 79.9. The van der Waals surface area contributed by atoms with Crippen molar-refractivity contribution in [2.24, 2.45) is 0 Å². The normalized spacial score (nSPS) is 11.7. The third-order valence-electron chi connectivity index (χ3n) is 4.68. The van der Waals surface area contributed by atoms with E-state index in [-0.39, 0.29) is 0 Å². The van der Waals surface area contributed by atoms with Crippen LogP contribution in [0.3, 0.4) is 0 Å². The summed E-state index contributed by atoms with van der Waals surface area (Å²) in [5.74, 6) is 0. The Bertz CT molecular complexity index is 1320. The van der Waals surface area contributed by atoms with Crippen LogP contribution in [0.2, 0.25) is 5.02 Å². The van der Waals surface area contributed by atoms with Crippen LogP contribution in [0.5, 0.6) is 0 Å². The van der Waals surface area contributed by atoms with Crippen LogP contribution in [0.25, 0.3) is 43.8 Å². The Morgan fingerprint density at radius 1 is 0.692 bits per heavy atom. The zero-order chi connectivity index (χ0) is 17.8. The predicted molar refractivity (Wildman–Crippen MR) is 117 cm³/mol. The smallest absolute Gasteiger partial charge is 0.150 e. The van der Waals surface area contributed by atoms with Crippen LogP contribution in [0.15, 0.2) is 80.1 Å². The summed E-state index contributed by atoms with van der Waals surface area (Å²) in [6, 6.07) is 22.7. The maximum Gasteiger partial charge on any atom is 0.150 e. The first kappa shape index (κ1) is 16.4. The summed E-state index contributed by atoms with van der Waals surface area (Å²) in [5, 5.41) is 5.24. The van der Waals surface area contributed by atoms with E-state index in [2.05, 4.69) is 68.3 Å². The Morgan fingerprint density at radius 3 is 2.38 bits per heavy atom. The van der Waals surface area contributed by atoms with E-state index in [1.54, 1.807) is 0 Å². The zero-order valence-corrected chi connectivity index (χ0v) is 17.3. The molecular formula is C22H11Br2ClO. The van der Waals surface area contributed by atoms with Crippen molar-refractivity contribution in [1.29, 1.82) is 0 Å². The average molecular weight is 487 g/mol. The summed E-state index contributed by atoms with van der Waals surface area (Å²) < 4.78 is 8.09. The predicted octanol–water partition coefficient (Wildman–Crippen LogP) is 8.58. The van der Waals surface area contributed by atoms with Crippen molar-refractivity contribution in [3.63, 3.8) is 0 Å². The molecule has 0 saturated heterocycles. The molecule has 26 heavy (non-hydrogen) atoms. The maximum atomic E-state index is 6.19. The highest BCUT2D eigenvalue weighted by molar-refractivity contribution is 9.11. The van der Waals surface area contributed by atoms with Gasteiger partial charge in [0.05, 0.1) is 8.95 Å². The molecule has 0 saturated carbocycles. The largest absolute Gasteiger partial charge is 0.454 e. The second kappa shape index (κ2) is 6.12. The Labute approximate surface area is 171 Å². The van der Waals surface area contributed by atoms with Gasteiger partial charge in [-0.1, -0.05) is 54.1 Å². The third kappa shape index (κ3) is 2.42. The molecule has 0 unspecified atom stereocenters. The number of halogens is 3. The third-order valence-corrected chi connectivity index (χ3v) is 6.17.